The van der Waals surface area contributed by atoms with Gasteiger partial charge in [-0.25, -0.2) is 8.42 Å². The Morgan fingerprint density at radius 3 is 2.60 bits per heavy atom. The van der Waals surface area contributed by atoms with E-state index in [9.17, 15) is 8.42 Å². The van der Waals surface area contributed by atoms with Gasteiger partial charge in [0.1, 0.15) is 4.90 Å². The highest BCUT2D eigenvalue weighted by molar-refractivity contribution is 7.89. The molecule has 0 fully saturated rings. The largest absolute Gasteiger partial charge is 0.398 e. The summed E-state index contributed by atoms with van der Waals surface area (Å²) in [5.41, 5.74) is 6.99. The van der Waals surface area contributed by atoms with Crippen molar-refractivity contribution in [1.29, 1.82) is 0 Å². The Labute approximate surface area is 127 Å². The van der Waals surface area contributed by atoms with Crippen LogP contribution in [-0.4, -0.2) is 19.8 Å². The summed E-state index contributed by atoms with van der Waals surface area (Å²) in [5, 5.41) is 2.08. The standard InChI is InChI=1S/C13H15ClN2O2S2/c1-9-6-7-19-12(9)8-16(2)20(17,18)13-10(14)4-3-5-11(13)15/h3-7H,8,15H2,1-2H3. The minimum Gasteiger partial charge on any atom is -0.398 e. The Balaban J connectivity index is 2.38. The van der Waals surface area contributed by atoms with Gasteiger partial charge in [0.25, 0.3) is 0 Å². The molecule has 0 radical (unpaired) electrons. The van der Waals surface area contributed by atoms with Crippen molar-refractivity contribution in [2.45, 2.75) is 18.4 Å². The number of anilines is 1. The molecule has 0 atom stereocenters. The van der Waals surface area contributed by atoms with E-state index in [1.54, 1.807) is 6.07 Å². The molecule has 0 aliphatic rings. The van der Waals surface area contributed by atoms with Crippen LogP contribution in [0, 0.1) is 6.92 Å². The van der Waals surface area contributed by atoms with Gasteiger partial charge in [0.05, 0.1) is 10.7 Å². The lowest BCUT2D eigenvalue weighted by Gasteiger charge is -2.19. The number of nitrogens with two attached hydrogens (primary N) is 1. The zero-order valence-electron chi connectivity index (χ0n) is 11.1. The molecule has 108 valence electrons. The molecule has 2 aromatic rings. The van der Waals surface area contributed by atoms with Gasteiger partial charge in [0.15, 0.2) is 0 Å². The van der Waals surface area contributed by atoms with Gasteiger partial charge in [-0.1, -0.05) is 17.7 Å². The van der Waals surface area contributed by atoms with Gasteiger partial charge in [0, 0.05) is 18.5 Å². The van der Waals surface area contributed by atoms with Gasteiger partial charge in [-0.2, -0.15) is 4.31 Å². The molecule has 0 saturated heterocycles. The van der Waals surface area contributed by atoms with Crippen molar-refractivity contribution in [2.24, 2.45) is 0 Å². The van der Waals surface area contributed by atoms with Gasteiger partial charge in [0.2, 0.25) is 10.0 Å². The first-order valence-corrected chi connectivity index (χ1v) is 8.57. The number of thiophene rings is 1. The van der Waals surface area contributed by atoms with Crippen LogP contribution in [0.5, 0.6) is 0 Å². The van der Waals surface area contributed by atoms with Crippen molar-refractivity contribution in [3.8, 4) is 0 Å². The smallest absolute Gasteiger partial charge is 0.246 e. The molecular weight excluding hydrogens is 316 g/mol. The van der Waals surface area contributed by atoms with Crippen molar-refractivity contribution in [3.63, 3.8) is 0 Å². The summed E-state index contributed by atoms with van der Waals surface area (Å²) in [7, 11) is -2.19. The second-order valence-corrected chi connectivity index (χ2v) is 7.84. The highest BCUT2D eigenvalue weighted by Gasteiger charge is 2.26. The minimum absolute atomic E-state index is 0.0293. The van der Waals surface area contributed by atoms with Crippen molar-refractivity contribution >= 4 is 38.6 Å². The fourth-order valence-corrected chi connectivity index (χ4v) is 4.61. The van der Waals surface area contributed by atoms with E-state index in [-0.39, 0.29) is 15.6 Å². The quantitative estimate of drug-likeness (QED) is 0.876. The molecule has 2 rings (SSSR count). The third kappa shape index (κ3) is 2.83. The molecule has 20 heavy (non-hydrogen) atoms. The summed E-state index contributed by atoms with van der Waals surface area (Å²) in [6.45, 7) is 2.26. The summed E-state index contributed by atoms with van der Waals surface area (Å²) in [5.74, 6) is 0. The van der Waals surface area contributed by atoms with E-state index >= 15 is 0 Å². The Bertz CT molecular complexity index is 705. The fourth-order valence-electron chi connectivity index (χ4n) is 1.81. The summed E-state index contributed by atoms with van der Waals surface area (Å²) in [4.78, 5) is 0.972. The molecule has 2 N–H and O–H groups in total. The van der Waals surface area contributed by atoms with Crippen LogP contribution in [0.4, 0.5) is 5.69 Å². The van der Waals surface area contributed by atoms with E-state index in [1.807, 2.05) is 18.4 Å². The first kappa shape index (κ1) is 15.3. The molecule has 0 aliphatic heterocycles. The first-order chi connectivity index (χ1) is 9.34. The molecule has 0 saturated carbocycles. The second kappa shape index (κ2) is 5.73. The number of hydrogen-bond donors (Lipinski definition) is 1. The van der Waals surface area contributed by atoms with Crippen molar-refractivity contribution in [2.75, 3.05) is 12.8 Å². The highest BCUT2D eigenvalue weighted by atomic mass is 35.5. The predicted octanol–water partition coefficient (Wildman–Crippen LogP) is 3.11. The summed E-state index contributed by atoms with van der Waals surface area (Å²) >= 11 is 7.52. The maximum atomic E-state index is 12.6. The van der Waals surface area contributed by atoms with E-state index in [1.165, 1.54) is 34.8 Å². The fraction of sp³-hybridized carbons (Fsp3) is 0.231. The molecule has 0 unspecified atom stereocenters. The molecule has 1 aromatic heterocycles. The van der Waals surface area contributed by atoms with Crippen LogP contribution in [0.15, 0.2) is 34.5 Å². The summed E-state index contributed by atoms with van der Waals surface area (Å²) in [6.07, 6.45) is 0. The van der Waals surface area contributed by atoms with Crippen LogP contribution in [0.3, 0.4) is 0 Å². The van der Waals surface area contributed by atoms with E-state index < -0.39 is 10.0 Å². The Morgan fingerprint density at radius 1 is 1.35 bits per heavy atom. The Morgan fingerprint density at radius 2 is 2.05 bits per heavy atom. The number of sulfonamides is 1. The van der Waals surface area contributed by atoms with Crippen LogP contribution in [0.1, 0.15) is 10.4 Å². The van der Waals surface area contributed by atoms with Crippen molar-refractivity contribution in [3.05, 3.63) is 45.1 Å². The van der Waals surface area contributed by atoms with Gasteiger partial charge < -0.3 is 5.73 Å². The lowest BCUT2D eigenvalue weighted by atomic mass is 10.3. The average molecular weight is 331 g/mol. The van der Waals surface area contributed by atoms with Gasteiger partial charge >= 0.3 is 0 Å². The molecule has 4 nitrogen and oxygen atoms in total. The maximum Gasteiger partial charge on any atom is 0.246 e. The summed E-state index contributed by atoms with van der Waals surface area (Å²) < 4.78 is 26.4. The van der Waals surface area contributed by atoms with Crippen LogP contribution < -0.4 is 5.73 Å². The number of halogens is 1. The number of benzene rings is 1. The van der Waals surface area contributed by atoms with E-state index in [0.717, 1.165) is 10.4 Å². The minimum atomic E-state index is -3.71. The monoisotopic (exact) mass is 330 g/mol. The SMILES string of the molecule is Cc1ccsc1CN(C)S(=O)(=O)c1c(N)cccc1Cl. The normalized spacial score (nSPS) is 12.0. The van der Waals surface area contributed by atoms with E-state index in [4.69, 9.17) is 17.3 Å². The molecular formula is C13H15ClN2O2S2. The topological polar surface area (TPSA) is 63.4 Å². The summed E-state index contributed by atoms with van der Waals surface area (Å²) in [6, 6.07) is 6.64. The number of hydrogen-bond acceptors (Lipinski definition) is 4. The second-order valence-electron chi connectivity index (χ2n) is 4.45. The van der Waals surface area contributed by atoms with E-state index in [2.05, 4.69) is 0 Å². The number of rotatable bonds is 4. The molecule has 1 heterocycles. The lowest BCUT2D eigenvalue weighted by Crippen LogP contribution is -2.27. The predicted molar refractivity (Wildman–Crippen MR) is 83.6 cm³/mol. The van der Waals surface area contributed by atoms with Crippen LogP contribution >= 0.6 is 22.9 Å². The van der Waals surface area contributed by atoms with Gasteiger partial charge in [-0.3, -0.25) is 0 Å². The Hall–Kier alpha value is -1.08. The van der Waals surface area contributed by atoms with Gasteiger partial charge in [-0.05, 0) is 36.1 Å². The number of nitrogens with zero attached hydrogens (tertiary/aromatic N) is 1. The number of nitrogen functional groups attached to an aromatic ring is 1. The molecule has 0 bridgehead atoms. The number of aryl methyl sites for hydroxylation is 1. The van der Waals surface area contributed by atoms with Gasteiger partial charge in [-0.15, -0.1) is 11.3 Å². The first-order valence-electron chi connectivity index (χ1n) is 5.87. The molecule has 7 heteroatoms. The molecule has 1 aromatic carbocycles. The van der Waals surface area contributed by atoms with Crippen molar-refractivity contribution in [1.82, 2.24) is 4.31 Å². The lowest BCUT2D eigenvalue weighted by molar-refractivity contribution is 0.469. The van der Waals surface area contributed by atoms with Crippen LogP contribution in [0.25, 0.3) is 0 Å². The Kier molecular flexibility index (Phi) is 4.39. The zero-order valence-corrected chi connectivity index (χ0v) is 13.5. The third-order valence-electron chi connectivity index (χ3n) is 3.00. The van der Waals surface area contributed by atoms with E-state index in [0.29, 0.717) is 6.54 Å². The molecule has 0 amide bonds. The van der Waals surface area contributed by atoms with Crippen LogP contribution in [-0.2, 0) is 16.6 Å². The third-order valence-corrected chi connectivity index (χ3v) is 6.36. The molecule has 0 spiro atoms. The maximum absolute atomic E-state index is 12.6. The molecule has 0 aliphatic carbocycles. The van der Waals surface area contributed by atoms with Crippen LogP contribution in [0.2, 0.25) is 5.02 Å². The van der Waals surface area contributed by atoms with Crippen molar-refractivity contribution < 1.29 is 8.42 Å². The zero-order chi connectivity index (χ0) is 14.9. The highest BCUT2D eigenvalue weighted by Crippen LogP contribution is 2.30. The average Bonchev–Trinajstić information content (AvgIpc) is 2.74.